The Morgan fingerprint density at radius 3 is 2.30 bits per heavy atom. The number of carbonyl (C=O) groups excluding carboxylic acids is 2. The monoisotopic (exact) mass is 392 g/mol. The van der Waals surface area contributed by atoms with Crippen LogP contribution >= 0.6 is 11.6 Å². The van der Waals surface area contributed by atoms with E-state index in [-0.39, 0.29) is 23.4 Å². The van der Waals surface area contributed by atoms with E-state index in [1.165, 1.54) is 25.2 Å². The Hall–Kier alpha value is -2.93. The van der Waals surface area contributed by atoms with Crippen LogP contribution in [0.25, 0.3) is 0 Å². The highest BCUT2D eigenvalue weighted by atomic mass is 35.5. The summed E-state index contributed by atoms with van der Waals surface area (Å²) >= 11 is 6.13. The Kier molecular flexibility index (Phi) is 6.90. The van der Waals surface area contributed by atoms with Crippen molar-refractivity contribution in [1.29, 1.82) is 0 Å². The summed E-state index contributed by atoms with van der Waals surface area (Å²) in [6.07, 6.45) is 0. The molecule has 2 rings (SSSR count). The van der Waals surface area contributed by atoms with Crippen molar-refractivity contribution >= 4 is 29.1 Å². The Morgan fingerprint density at radius 2 is 1.74 bits per heavy atom. The lowest BCUT2D eigenvalue weighted by Crippen LogP contribution is -2.27. The molecule has 0 aromatic heterocycles. The van der Waals surface area contributed by atoms with Crippen LogP contribution in [0.15, 0.2) is 36.4 Å². The third-order valence-electron chi connectivity index (χ3n) is 3.67. The molecule has 0 heterocycles. The van der Waals surface area contributed by atoms with Crippen LogP contribution in [0, 0.1) is 0 Å². The van der Waals surface area contributed by atoms with E-state index in [1.807, 2.05) is 0 Å². The van der Waals surface area contributed by atoms with Crippen molar-refractivity contribution < 1.29 is 23.8 Å². The van der Waals surface area contributed by atoms with Crippen molar-refractivity contribution in [2.75, 3.05) is 40.2 Å². The molecular formula is C19H21ClN2O5. The van der Waals surface area contributed by atoms with Gasteiger partial charge in [0.25, 0.3) is 11.8 Å². The summed E-state index contributed by atoms with van der Waals surface area (Å²) in [5.41, 5.74) is 0.895. The number of rotatable bonds is 7. The Labute approximate surface area is 162 Å². The van der Waals surface area contributed by atoms with Crippen LogP contribution in [0.4, 0.5) is 5.69 Å². The summed E-state index contributed by atoms with van der Waals surface area (Å²) in [5, 5.41) is 3.03. The highest BCUT2D eigenvalue weighted by Crippen LogP contribution is 2.36. The molecule has 0 saturated carbocycles. The normalized spacial score (nSPS) is 10.1. The van der Waals surface area contributed by atoms with E-state index in [2.05, 4.69) is 5.32 Å². The van der Waals surface area contributed by atoms with Crippen LogP contribution in [0.3, 0.4) is 0 Å². The smallest absolute Gasteiger partial charge is 0.259 e. The van der Waals surface area contributed by atoms with E-state index in [0.29, 0.717) is 28.5 Å². The minimum atomic E-state index is -0.352. The van der Waals surface area contributed by atoms with Crippen LogP contribution in [0.1, 0.15) is 10.4 Å². The molecule has 0 aliphatic heterocycles. The molecule has 8 heteroatoms. The number of amides is 2. The van der Waals surface area contributed by atoms with E-state index in [9.17, 15) is 9.59 Å². The van der Waals surface area contributed by atoms with Crippen molar-refractivity contribution in [3.05, 3.63) is 47.0 Å². The lowest BCUT2D eigenvalue weighted by molar-refractivity contribution is -0.130. The molecule has 0 unspecified atom stereocenters. The zero-order chi connectivity index (χ0) is 20.0. The topological polar surface area (TPSA) is 77.1 Å². The lowest BCUT2D eigenvalue weighted by atomic mass is 10.1. The number of nitrogens with zero attached hydrogens (tertiary/aromatic N) is 1. The van der Waals surface area contributed by atoms with E-state index in [0.717, 1.165) is 0 Å². The highest BCUT2D eigenvalue weighted by molar-refractivity contribution is 6.32. The molecule has 0 radical (unpaired) electrons. The summed E-state index contributed by atoms with van der Waals surface area (Å²) in [7, 11) is 6.25. The summed E-state index contributed by atoms with van der Waals surface area (Å²) < 4.78 is 15.8. The van der Waals surface area contributed by atoms with Gasteiger partial charge in [0.2, 0.25) is 0 Å². The van der Waals surface area contributed by atoms with Crippen molar-refractivity contribution in [2.24, 2.45) is 0 Å². The SMILES string of the molecule is COc1cc(C(=O)Nc2ccc(OCC(=O)N(C)C)cc2)cc(Cl)c1OC. The first-order valence-electron chi connectivity index (χ1n) is 8.01. The summed E-state index contributed by atoms with van der Waals surface area (Å²) in [5.74, 6) is 0.762. The number of hydrogen-bond donors (Lipinski definition) is 1. The molecule has 2 aromatic carbocycles. The van der Waals surface area contributed by atoms with Gasteiger partial charge in [-0.3, -0.25) is 9.59 Å². The maximum Gasteiger partial charge on any atom is 0.259 e. The van der Waals surface area contributed by atoms with Crippen LogP contribution in [-0.2, 0) is 4.79 Å². The molecule has 0 spiro atoms. The first-order chi connectivity index (χ1) is 12.8. The predicted octanol–water partition coefficient (Wildman–Crippen LogP) is 3.08. The second-order valence-electron chi connectivity index (χ2n) is 5.75. The van der Waals surface area contributed by atoms with Crippen LogP contribution in [0.2, 0.25) is 5.02 Å². The summed E-state index contributed by atoms with van der Waals surface area (Å²) in [6, 6.07) is 9.73. The number of nitrogens with one attached hydrogen (secondary N) is 1. The third kappa shape index (κ3) is 5.27. The molecule has 144 valence electrons. The van der Waals surface area contributed by atoms with E-state index in [1.54, 1.807) is 44.4 Å². The zero-order valence-electron chi connectivity index (χ0n) is 15.5. The van der Waals surface area contributed by atoms with Gasteiger partial charge in [-0.25, -0.2) is 0 Å². The molecule has 0 fully saturated rings. The van der Waals surface area contributed by atoms with Crippen molar-refractivity contribution in [3.8, 4) is 17.2 Å². The fourth-order valence-electron chi connectivity index (χ4n) is 2.16. The van der Waals surface area contributed by atoms with Gasteiger partial charge in [-0.1, -0.05) is 11.6 Å². The average molecular weight is 393 g/mol. The van der Waals surface area contributed by atoms with Gasteiger partial charge in [0.05, 0.1) is 19.2 Å². The van der Waals surface area contributed by atoms with Crippen LogP contribution in [0.5, 0.6) is 17.2 Å². The first-order valence-corrected chi connectivity index (χ1v) is 8.39. The molecular weight excluding hydrogens is 372 g/mol. The van der Waals surface area contributed by atoms with Gasteiger partial charge >= 0.3 is 0 Å². The molecule has 0 aliphatic carbocycles. The number of ether oxygens (including phenoxy) is 3. The quantitative estimate of drug-likeness (QED) is 0.783. The first kappa shape index (κ1) is 20.4. The Balaban J connectivity index is 2.06. The van der Waals surface area contributed by atoms with Gasteiger partial charge in [-0.2, -0.15) is 0 Å². The molecule has 2 aromatic rings. The average Bonchev–Trinajstić information content (AvgIpc) is 2.66. The fourth-order valence-corrected chi connectivity index (χ4v) is 2.45. The number of carbonyl (C=O) groups is 2. The van der Waals surface area contributed by atoms with Gasteiger partial charge in [-0.05, 0) is 36.4 Å². The number of likely N-dealkylation sites (N-methyl/N-ethyl adjacent to an activating group) is 1. The summed E-state index contributed by atoms with van der Waals surface area (Å²) in [6.45, 7) is -0.0527. The number of benzene rings is 2. The zero-order valence-corrected chi connectivity index (χ0v) is 16.3. The number of halogens is 1. The highest BCUT2D eigenvalue weighted by Gasteiger charge is 2.15. The Bertz CT molecular complexity index is 822. The number of hydrogen-bond acceptors (Lipinski definition) is 5. The van der Waals surface area contributed by atoms with Gasteiger partial charge in [-0.15, -0.1) is 0 Å². The minimum absolute atomic E-state index is 0.0527. The van der Waals surface area contributed by atoms with E-state index < -0.39 is 0 Å². The second kappa shape index (κ2) is 9.14. The number of methoxy groups -OCH3 is 2. The van der Waals surface area contributed by atoms with E-state index >= 15 is 0 Å². The van der Waals surface area contributed by atoms with E-state index in [4.69, 9.17) is 25.8 Å². The summed E-state index contributed by atoms with van der Waals surface area (Å²) in [4.78, 5) is 25.4. The van der Waals surface area contributed by atoms with Crippen molar-refractivity contribution in [1.82, 2.24) is 4.90 Å². The molecule has 27 heavy (non-hydrogen) atoms. The fraction of sp³-hybridized carbons (Fsp3) is 0.263. The lowest BCUT2D eigenvalue weighted by Gasteiger charge is -2.13. The standard InChI is InChI=1S/C19H21ClN2O5/c1-22(2)17(23)11-27-14-7-5-13(6-8-14)21-19(24)12-9-15(20)18(26-4)16(10-12)25-3/h5-10H,11H2,1-4H3,(H,21,24). The molecule has 0 bridgehead atoms. The minimum Gasteiger partial charge on any atom is -0.493 e. The van der Waals surface area contributed by atoms with Gasteiger partial charge in [0, 0.05) is 25.3 Å². The molecule has 0 aliphatic rings. The maximum absolute atomic E-state index is 12.5. The molecule has 1 N–H and O–H groups in total. The maximum atomic E-state index is 12.5. The van der Waals surface area contributed by atoms with Crippen LogP contribution < -0.4 is 19.5 Å². The van der Waals surface area contributed by atoms with Crippen molar-refractivity contribution in [3.63, 3.8) is 0 Å². The predicted molar refractivity (Wildman–Crippen MR) is 103 cm³/mol. The van der Waals surface area contributed by atoms with Gasteiger partial charge in [0.1, 0.15) is 5.75 Å². The van der Waals surface area contributed by atoms with Gasteiger partial charge < -0.3 is 24.4 Å². The van der Waals surface area contributed by atoms with Crippen LogP contribution in [-0.4, -0.2) is 51.6 Å². The third-order valence-corrected chi connectivity index (χ3v) is 3.95. The molecule has 2 amide bonds. The van der Waals surface area contributed by atoms with Crippen molar-refractivity contribution in [2.45, 2.75) is 0 Å². The largest absolute Gasteiger partial charge is 0.493 e. The second-order valence-corrected chi connectivity index (χ2v) is 6.16. The molecule has 7 nitrogen and oxygen atoms in total. The van der Waals surface area contributed by atoms with Gasteiger partial charge in [0.15, 0.2) is 18.1 Å². The molecule has 0 saturated heterocycles. The molecule has 0 atom stereocenters. The number of anilines is 1. The Morgan fingerprint density at radius 1 is 1.07 bits per heavy atom.